The van der Waals surface area contributed by atoms with Crippen LogP contribution in [0.15, 0.2) is 9.59 Å². The average molecular weight is 195 g/mol. The van der Waals surface area contributed by atoms with Gasteiger partial charge in [-0.05, 0) is 0 Å². The molecular formula is C9H13N3O2. The number of H-pyrrole nitrogens is 2. The molecule has 0 fully saturated rings. The molecule has 0 amide bonds. The first-order valence-corrected chi connectivity index (χ1v) is 4.57. The summed E-state index contributed by atoms with van der Waals surface area (Å²) >= 11 is 0. The molecule has 0 radical (unpaired) electrons. The highest BCUT2D eigenvalue weighted by molar-refractivity contribution is 5.27. The molecule has 3 N–H and O–H groups in total. The first kappa shape index (κ1) is 9.21. The molecule has 14 heavy (non-hydrogen) atoms. The summed E-state index contributed by atoms with van der Waals surface area (Å²) < 4.78 is 0. The highest BCUT2D eigenvalue weighted by Crippen LogP contribution is 2.24. The maximum absolute atomic E-state index is 11.5. The predicted octanol–water partition coefficient (Wildman–Crippen LogP) is -0.556. The molecule has 1 aromatic rings. The Morgan fingerprint density at radius 2 is 1.93 bits per heavy atom. The smallest absolute Gasteiger partial charge is 0.311 e. The van der Waals surface area contributed by atoms with Crippen LogP contribution in [0.3, 0.4) is 0 Å². The van der Waals surface area contributed by atoms with Gasteiger partial charge in [0.15, 0.2) is 0 Å². The van der Waals surface area contributed by atoms with E-state index in [2.05, 4.69) is 15.3 Å². The highest BCUT2D eigenvalue weighted by atomic mass is 16.2. The minimum absolute atomic E-state index is 0.193. The van der Waals surface area contributed by atoms with Gasteiger partial charge in [0.25, 0.3) is 5.56 Å². The van der Waals surface area contributed by atoms with Crippen molar-refractivity contribution in [2.45, 2.75) is 25.8 Å². The van der Waals surface area contributed by atoms with Crippen LogP contribution in [0.5, 0.6) is 0 Å². The van der Waals surface area contributed by atoms with Crippen molar-refractivity contribution in [3.8, 4) is 0 Å². The molecule has 0 aliphatic carbocycles. The van der Waals surface area contributed by atoms with Gasteiger partial charge in [-0.1, -0.05) is 13.8 Å². The van der Waals surface area contributed by atoms with Crippen LogP contribution >= 0.6 is 0 Å². The Morgan fingerprint density at radius 3 is 2.64 bits per heavy atom. The molecule has 0 aromatic carbocycles. The third-order valence-corrected chi connectivity index (χ3v) is 2.59. The second kappa shape index (κ2) is 2.81. The zero-order valence-corrected chi connectivity index (χ0v) is 8.23. The average Bonchev–Trinajstić information content (AvgIpc) is 2.06. The van der Waals surface area contributed by atoms with Gasteiger partial charge < -0.3 is 10.3 Å². The molecule has 0 bridgehead atoms. The van der Waals surface area contributed by atoms with Crippen LogP contribution in [0.4, 0.5) is 0 Å². The van der Waals surface area contributed by atoms with Gasteiger partial charge in [0, 0.05) is 24.2 Å². The topological polar surface area (TPSA) is 77.8 Å². The standard InChI is InChI=1S/C9H13N3O2/c1-9(2)4-10-3-5-6(9)11-8(14)12-7(5)13/h10H,3-4H2,1-2H3,(H2,11,12,13,14). The van der Waals surface area contributed by atoms with E-state index in [4.69, 9.17) is 0 Å². The van der Waals surface area contributed by atoms with Crippen LogP contribution in [0.25, 0.3) is 0 Å². The second-order valence-electron chi connectivity index (χ2n) is 4.25. The van der Waals surface area contributed by atoms with E-state index < -0.39 is 5.69 Å². The maximum Gasteiger partial charge on any atom is 0.325 e. The lowest BCUT2D eigenvalue weighted by Gasteiger charge is -2.31. The molecule has 1 aliphatic rings. The molecule has 0 saturated heterocycles. The lowest BCUT2D eigenvalue weighted by molar-refractivity contribution is 0.416. The van der Waals surface area contributed by atoms with Crippen molar-refractivity contribution in [2.24, 2.45) is 0 Å². The maximum atomic E-state index is 11.5. The van der Waals surface area contributed by atoms with Crippen LogP contribution in [0, 0.1) is 0 Å². The van der Waals surface area contributed by atoms with Crippen LogP contribution in [0.2, 0.25) is 0 Å². The lowest BCUT2D eigenvalue weighted by Crippen LogP contribution is -2.45. The number of rotatable bonds is 0. The summed E-state index contributed by atoms with van der Waals surface area (Å²) in [7, 11) is 0. The van der Waals surface area contributed by atoms with Crippen molar-refractivity contribution in [2.75, 3.05) is 6.54 Å². The molecule has 1 aliphatic heterocycles. The van der Waals surface area contributed by atoms with E-state index in [0.717, 1.165) is 12.2 Å². The normalized spacial score (nSPS) is 19.0. The number of nitrogens with one attached hydrogen (secondary N) is 3. The molecule has 5 heteroatoms. The molecule has 0 atom stereocenters. The fourth-order valence-corrected chi connectivity index (χ4v) is 1.85. The van der Waals surface area contributed by atoms with E-state index in [9.17, 15) is 9.59 Å². The summed E-state index contributed by atoms with van der Waals surface area (Å²) in [5, 5.41) is 3.15. The first-order valence-electron chi connectivity index (χ1n) is 4.57. The number of aromatic nitrogens is 2. The molecule has 1 aromatic heterocycles. The summed E-state index contributed by atoms with van der Waals surface area (Å²) in [5.41, 5.74) is 0.486. The predicted molar refractivity (Wildman–Crippen MR) is 52.4 cm³/mol. The number of hydrogen-bond acceptors (Lipinski definition) is 3. The molecule has 5 nitrogen and oxygen atoms in total. The minimum Gasteiger partial charge on any atom is -0.311 e. The number of aromatic amines is 2. The minimum atomic E-state index is -0.427. The van der Waals surface area contributed by atoms with Gasteiger partial charge in [0.1, 0.15) is 0 Å². The van der Waals surface area contributed by atoms with Crippen molar-refractivity contribution in [3.63, 3.8) is 0 Å². The zero-order chi connectivity index (χ0) is 10.3. The Hall–Kier alpha value is -1.36. The van der Waals surface area contributed by atoms with E-state index >= 15 is 0 Å². The van der Waals surface area contributed by atoms with E-state index in [-0.39, 0.29) is 11.0 Å². The van der Waals surface area contributed by atoms with Gasteiger partial charge in [-0.25, -0.2) is 4.79 Å². The third kappa shape index (κ3) is 1.29. The van der Waals surface area contributed by atoms with Crippen LogP contribution in [-0.2, 0) is 12.0 Å². The fourth-order valence-electron chi connectivity index (χ4n) is 1.85. The van der Waals surface area contributed by atoms with E-state index in [0.29, 0.717) is 12.1 Å². The van der Waals surface area contributed by atoms with Crippen molar-refractivity contribution >= 4 is 0 Å². The summed E-state index contributed by atoms with van der Waals surface area (Å²) in [4.78, 5) is 27.5. The third-order valence-electron chi connectivity index (χ3n) is 2.59. The zero-order valence-electron chi connectivity index (χ0n) is 8.23. The largest absolute Gasteiger partial charge is 0.325 e. The quantitative estimate of drug-likeness (QED) is 0.519. The molecule has 0 spiro atoms. The van der Waals surface area contributed by atoms with E-state index in [1.807, 2.05) is 13.8 Å². The van der Waals surface area contributed by atoms with Crippen molar-refractivity contribution < 1.29 is 0 Å². The fraction of sp³-hybridized carbons (Fsp3) is 0.556. The summed E-state index contributed by atoms with van der Waals surface area (Å²) in [5.74, 6) is 0. The molecule has 76 valence electrons. The monoisotopic (exact) mass is 195 g/mol. The van der Waals surface area contributed by atoms with Gasteiger partial charge in [0.2, 0.25) is 0 Å². The van der Waals surface area contributed by atoms with Crippen LogP contribution in [0.1, 0.15) is 25.1 Å². The van der Waals surface area contributed by atoms with Gasteiger partial charge in [-0.2, -0.15) is 0 Å². The molecule has 2 heterocycles. The summed E-state index contributed by atoms with van der Waals surface area (Å²) in [6, 6.07) is 0. The SMILES string of the molecule is CC1(C)CNCc2c1[nH]c(=O)[nH]c2=O. The Labute approximate surface area is 80.6 Å². The Balaban J connectivity index is 2.76. The molecular weight excluding hydrogens is 182 g/mol. The molecule has 0 unspecified atom stereocenters. The lowest BCUT2D eigenvalue weighted by atomic mass is 9.84. The van der Waals surface area contributed by atoms with Crippen LogP contribution in [-0.4, -0.2) is 16.5 Å². The Bertz CT molecular complexity index is 470. The molecule has 2 rings (SSSR count). The van der Waals surface area contributed by atoms with Gasteiger partial charge >= 0.3 is 5.69 Å². The van der Waals surface area contributed by atoms with E-state index in [1.54, 1.807) is 0 Å². The highest BCUT2D eigenvalue weighted by Gasteiger charge is 2.29. The van der Waals surface area contributed by atoms with E-state index in [1.165, 1.54) is 0 Å². The summed E-state index contributed by atoms with van der Waals surface area (Å²) in [6.07, 6.45) is 0. The molecule has 0 saturated carbocycles. The van der Waals surface area contributed by atoms with Crippen molar-refractivity contribution in [1.29, 1.82) is 0 Å². The van der Waals surface area contributed by atoms with Gasteiger partial charge in [-0.15, -0.1) is 0 Å². The van der Waals surface area contributed by atoms with Gasteiger partial charge in [-0.3, -0.25) is 9.78 Å². The second-order valence-corrected chi connectivity index (χ2v) is 4.25. The van der Waals surface area contributed by atoms with Crippen molar-refractivity contribution in [1.82, 2.24) is 15.3 Å². The Kier molecular flexibility index (Phi) is 1.85. The first-order chi connectivity index (χ1) is 6.50. The number of fused-ring (bicyclic) bond motifs is 1. The van der Waals surface area contributed by atoms with Crippen LogP contribution < -0.4 is 16.6 Å². The Morgan fingerprint density at radius 1 is 1.21 bits per heavy atom. The van der Waals surface area contributed by atoms with Gasteiger partial charge in [0.05, 0.1) is 5.56 Å². The number of hydrogen-bond donors (Lipinski definition) is 3. The summed E-state index contributed by atoms with van der Waals surface area (Å²) in [6.45, 7) is 5.27. The van der Waals surface area contributed by atoms with Crippen molar-refractivity contribution in [3.05, 3.63) is 32.1 Å².